The first-order valence-corrected chi connectivity index (χ1v) is 10.4. The van der Waals surface area contributed by atoms with E-state index in [1.165, 1.54) is 0 Å². The molecule has 1 aromatic heterocycles. The van der Waals surface area contributed by atoms with Gasteiger partial charge in [-0.15, -0.1) is 10.2 Å². The van der Waals surface area contributed by atoms with Gasteiger partial charge in [0.1, 0.15) is 12.4 Å². The van der Waals surface area contributed by atoms with Gasteiger partial charge in [-0.2, -0.15) is 0 Å². The van der Waals surface area contributed by atoms with Gasteiger partial charge < -0.3 is 15.0 Å². The lowest BCUT2D eigenvalue weighted by Crippen LogP contribution is -2.44. The minimum atomic E-state index is -0.0499. The van der Waals surface area contributed by atoms with Gasteiger partial charge in [0.25, 0.3) is 0 Å². The highest BCUT2D eigenvalue weighted by atomic mass is 16.5. The lowest BCUT2D eigenvalue weighted by Gasteiger charge is -2.32. The van der Waals surface area contributed by atoms with Crippen LogP contribution in [0, 0.1) is 5.92 Å². The number of ether oxygens (including phenoxy) is 1. The van der Waals surface area contributed by atoms with Crippen molar-refractivity contribution in [3.63, 3.8) is 0 Å². The molecule has 1 aliphatic heterocycles. The van der Waals surface area contributed by atoms with E-state index in [-0.39, 0.29) is 11.8 Å². The number of anilines is 1. The second kappa shape index (κ2) is 9.87. The molecule has 2 heterocycles. The smallest absolute Gasteiger partial charge is 0.225 e. The first-order valence-electron chi connectivity index (χ1n) is 10.4. The van der Waals surface area contributed by atoms with Crippen LogP contribution < -0.4 is 15.0 Å². The maximum atomic E-state index is 12.6. The number of hydrogen-bond donors (Lipinski definition) is 1. The SMILES string of the molecule is O=C(NCCOc1ccccc1)C1CCCN(c2ccc(-c3ccccc3)nn2)C1. The average molecular weight is 402 g/mol. The highest BCUT2D eigenvalue weighted by molar-refractivity contribution is 5.79. The van der Waals surface area contributed by atoms with Crippen LogP contribution >= 0.6 is 0 Å². The Hall–Kier alpha value is -3.41. The zero-order valence-corrected chi connectivity index (χ0v) is 16.9. The van der Waals surface area contributed by atoms with E-state index in [4.69, 9.17) is 4.74 Å². The summed E-state index contributed by atoms with van der Waals surface area (Å²) in [7, 11) is 0. The molecule has 1 N–H and O–H groups in total. The summed E-state index contributed by atoms with van der Waals surface area (Å²) in [6, 6.07) is 23.6. The van der Waals surface area contributed by atoms with Crippen LogP contribution in [-0.4, -0.2) is 42.3 Å². The minimum absolute atomic E-state index is 0.0499. The molecule has 1 fully saturated rings. The van der Waals surface area contributed by atoms with Crippen molar-refractivity contribution in [1.29, 1.82) is 0 Å². The summed E-state index contributed by atoms with van der Waals surface area (Å²) in [5, 5.41) is 11.8. The molecule has 0 saturated carbocycles. The molecule has 1 amide bonds. The number of benzene rings is 2. The maximum absolute atomic E-state index is 12.6. The van der Waals surface area contributed by atoms with E-state index in [0.717, 1.165) is 42.2 Å². The maximum Gasteiger partial charge on any atom is 0.225 e. The van der Waals surface area contributed by atoms with Gasteiger partial charge in [-0.1, -0.05) is 48.5 Å². The Kier molecular flexibility index (Phi) is 6.54. The van der Waals surface area contributed by atoms with Crippen LogP contribution in [0.3, 0.4) is 0 Å². The number of nitrogens with zero attached hydrogens (tertiary/aromatic N) is 3. The zero-order valence-electron chi connectivity index (χ0n) is 16.9. The summed E-state index contributed by atoms with van der Waals surface area (Å²) in [5.74, 6) is 1.66. The molecular formula is C24H26N4O2. The van der Waals surface area contributed by atoms with Crippen LogP contribution in [0.1, 0.15) is 12.8 Å². The van der Waals surface area contributed by atoms with Crippen molar-refractivity contribution in [1.82, 2.24) is 15.5 Å². The molecule has 0 spiro atoms. The van der Waals surface area contributed by atoms with E-state index in [2.05, 4.69) is 20.4 Å². The van der Waals surface area contributed by atoms with E-state index in [1.807, 2.05) is 72.8 Å². The van der Waals surface area contributed by atoms with Crippen molar-refractivity contribution >= 4 is 11.7 Å². The van der Waals surface area contributed by atoms with Gasteiger partial charge in [0.2, 0.25) is 5.91 Å². The van der Waals surface area contributed by atoms with Crippen molar-refractivity contribution < 1.29 is 9.53 Å². The molecule has 1 saturated heterocycles. The van der Waals surface area contributed by atoms with Crippen LogP contribution in [0.25, 0.3) is 11.3 Å². The third kappa shape index (κ3) is 5.14. The number of aromatic nitrogens is 2. The Balaban J connectivity index is 1.28. The predicted molar refractivity (Wildman–Crippen MR) is 117 cm³/mol. The second-order valence-corrected chi connectivity index (χ2v) is 7.38. The highest BCUT2D eigenvalue weighted by Crippen LogP contribution is 2.23. The van der Waals surface area contributed by atoms with Crippen molar-refractivity contribution in [3.05, 3.63) is 72.8 Å². The normalized spacial score (nSPS) is 16.1. The fourth-order valence-corrected chi connectivity index (χ4v) is 3.66. The van der Waals surface area contributed by atoms with Crippen LogP contribution in [0.4, 0.5) is 5.82 Å². The summed E-state index contributed by atoms with van der Waals surface area (Å²) in [6.45, 7) is 2.50. The largest absolute Gasteiger partial charge is 0.492 e. The summed E-state index contributed by atoms with van der Waals surface area (Å²) in [4.78, 5) is 14.7. The number of piperidine rings is 1. The van der Waals surface area contributed by atoms with Gasteiger partial charge >= 0.3 is 0 Å². The lowest BCUT2D eigenvalue weighted by atomic mass is 9.97. The van der Waals surface area contributed by atoms with Gasteiger partial charge in [0.15, 0.2) is 5.82 Å². The fraction of sp³-hybridized carbons (Fsp3) is 0.292. The molecule has 30 heavy (non-hydrogen) atoms. The molecule has 0 aliphatic carbocycles. The van der Waals surface area contributed by atoms with E-state index in [0.29, 0.717) is 19.7 Å². The van der Waals surface area contributed by atoms with Gasteiger partial charge in [-0.25, -0.2) is 0 Å². The van der Waals surface area contributed by atoms with Crippen molar-refractivity contribution in [3.8, 4) is 17.0 Å². The standard InChI is InChI=1S/C24H26N4O2/c29-24(25-15-17-30-21-11-5-2-6-12-21)20-10-7-16-28(18-20)23-14-13-22(26-27-23)19-8-3-1-4-9-19/h1-6,8-9,11-14,20H,7,10,15-18H2,(H,25,29). The van der Waals surface area contributed by atoms with Crippen LogP contribution in [0.5, 0.6) is 5.75 Å². The Labute approximate surface area is 176 Å². The molecular weight excluding hydrogens is 376 g/mol. The van der Waals surface area contributed by atoms with E-state index in [9.17, 15) is 4.79 Å². The number of amides is 1. The molecule has 6 nitrogen and oxygen atoms in total. The quantitative estimate of drug-likeness (QED) is 0.612. The summed E-state index contributed by atoms with van der Waals surface area (Å²) in [5.41, 5.74) is 1.90. The van der Waals surface area contributed by atoms with Gasteiger partial charge in [0, 0.05) is 18.7 Å². The predicted octanol–water partition coefficient (Wildman–Crippen LogP) is 3.56. The Morgan fingerprint density at radius 3 is 2.50 bits per heavy atom. The first kappa shape index (κ1) is 19.9. The molecule has 3 aromatic rings. The number of hydrogen-bond acceptors (Lipinski definition) is 5. The third-order valence-electron chi connectivity index (χ3n) is 5.25. The summed E-state index contributed by atoms with van der Waals surface area (Å²) < 4.78 is 5.64. The molecule has 0 bridgehead atoms. The molecule has 1 aliphatic rings. The minimum Gasteiger partial charge on any atom is -0.492 e. The topological polar surface area (TPSA) is 67.3 Å². The lowest BCUT2D eigenvalue weighted by molar-refractivity contribution is -0.125. The highest BCUT2D eigenvalue weighted by Gasteiger charge is 2.26. The number of rotatable bonds is 7. The Morgan fingerprint density at radius 2 is 1.77 bits per heavy atom. The molecule has 1 atom stereocenters. The molecule has 2 aromatic carbocycles. The molecule has 4 rings (SSSR count). The number of para-hydroxylation sites is 1. The monoisotopic (exact) mass is 402 g/mol. The van der Waals surface area contributed by atoms with Gasteiger partial charge in [-0.05, 0) is 37.1 Å². The number of nitrogens with one attached hydrogen (secondary N) is 1. The third-order valence-corrected chi connectivity index (χ3v) is 5.25. The van der Waals surface area contributed by atoms with Gasteiger partial charge in [-0.3, -0.25) is 4.79 Å². The second-order valence-electron chi connectivity index (χ2n) is 7.38. The van der Waals surface area contributed by atoms with Crippen LogP contribution in [0.15, 0.2) is 72.8 Å². The van der Waals surface area contributed by atoms with Crippen molar-refractivity contribution in [2.24, 2.45) is 5.92 Å². The molecule has 6 heteroatoms. The average Bonchev–Trinajstić information content (AvgIpc) is 2.83. The fourth-order valence-electron chi connectivity index (χ4n) is 3.66. The Bertz CT molecular complexity index is 932. The number of carbonyl (C=O) groups excluding carboxylic acids is 1. The zero-order chi connectivity index (χ0) is 20.6. The summed E-state index contributed by atoms with van der Waals surface area (Å²) in [6.07, 6.45) is 1.85. The van der Waals surface area contributed by atoms with Crippen molar-refractivity contribution in [2.75, 3.05) is 31.1 Å². The van der Waals surface area contributed by atoms with E-state index < -0.39 is 0 Å². The molecule has 1 unspecified atom stereocenters. The van der Waals surface area contributed by atoms with Crippen LogP contribution in [0.2, 0.25) is 0 Å². The summed E-state index contributed by atoms with van der Waals surface area (Å²) >= 11 is 0. The van der Waals surface area contributed by atoms with Crippen molar-refractivity contribution in [2.45, 2.75) is 12.8 Å². The van der Waals surface area contributed by atoms with E-state index in [1.54, 1.807) is 0 Å². The van der Waals surface area contributed by atoms with Crippen LogP contribution in [-0.2, 0) is 4.79 Å². The molecule has 0 radical (unpaired) electrons. The van der Waals surface area contributed by atoms with Gasteiger partial charge in [0.05, 0.1) is 18.2 Å². The first-order chi connectivity index (χ1) is 14.8. The number of carbonyl (C=O) groups is 1. The molecule has 154 valence electrons. The Morgan fingerprint density at radius 1 is 1.00 bits per heavy atom. The van der Waals surface area contributed by atoms with E-state index >= 15 is 0 Å².